The highest BCUT2D eigenvalue weighted by molar-refractivity contribution is 6.30. The van der Waals surface area contributed by atoms with Crippen LogP contribution in [0.2, 0.25) is 5.02 Å². The standard InChI is InChI=1S/C16H13ClN4O2/c17-12-6-4-5-11(9-12)15-20-14(23-21-15)10-18-16(22)19-13-7-2-1-3-8-13/h1-9H,10H2,(H2,18,19,22). The minimum Gasteiger partial charge on any atom is -0.337 e. The summed E-state index contributed by atoms with van der Waals surface area (Å²) in [5.74, 6) is 0.732. The first-order valence-corrected chi connectivity index (χ1v) is 7.27. The van der Waals surface area contributed by atoms with Crippen LogP contribution in [-0.2, 0) is 6.54 Å². The van der Waals surface area contributed by atoms with E-state index in [0.29, 0.717) is 22.4 Å². The van der Waals surface area contributed by atoms with Crippen LogP contribution in [0.1, 0.15) is 5.89 Å². The number of nitrogens with one attached hydrogen (secondary N) is 2. The fourth-order valence-electron chi connectivity index (χ4n) is 1.92. The number of rotatable bonds is 4. The number of para-hydroxylation sites is 1. The maximum Gasteiger partial charge on any atom is 0.319 e. The number of hydrogen-bond acceptors (Lipinski definition) is 4. The van der Waals surface area contributed by atoms with Gasteiger partial charge in [-0.2, -0.15) is 4.98 Å². The average Bonchev–Trinajstić information content (AvgIpc) is 3.03. The van der Waals surface area contributed by atoms with Crippen molar-refractivity contribution < 1.29 is 9.32 Å². The molecule has 1 aromatic heterocycles. The number of anilines is 1. The van der Waals surface area contributed by atoms with Crippen molar-refractivity contribution in [1.82, 2.24) is 15.5 Å². The highest BCUT2D eigenvalue weighted by Gasteiger charge is 2.10. The first kappa shape index (κ1) is 15.1. The lowest BCUT2D eigenvalue weighted by molar-refractivity contribution is 0.249. The van der Waals surface area contributed by atoms with Gasteiger partial charge in [0.15, 0.2) is 0 Å². The number of nitrogens with zero attached hydrogens (tertiary/aromatic N) is 2. The van der Waals surface area contributed by atoms with Gasteiger partial charge in [0.2, 0.25) is 11.7 Å². The molecule has 0 aliphatic carbocycles. The van der Waals surface area contributed by atoms with E-state index in [0.717, 1.165) is 5.56 Å². The molecule has 116 valence electrons. The van der Waals surface area contributed by atoms with Crippen molar-refractivity contribution in [1.29, 1.82) is 0 Å². The van der Waals surface area contributed by atoms with Crippen molar-refractivity contribution in [3.63, 3.8) is 0 Å². The van der Waals surface area contributed by atoms with E-state index < -0.39 is 0 Å². The van der Waals surface area contributed by atoms with Gasteiger partial charge in [0.1, 0.15) is 0 Å². The summed E-state index contributed by atoms with van der Waals surface area (Å²) in [6.07, 6.45) is 0. The molecule has 3 rings (SSSR count). The number of carbonyl (C=O) groups excluding carboxylic acids is 1. The van der Waals surface area contributed by atoms with Crippen molar-refractivity contribution in [3.8, 4) is 11.4 Å². The summed E-state index contributed by atoms with van der Waals surface area (Å²) in [6.45, 7) is 0.131. The van der Waals surface area contributed by atoms with Crippen LogP contribution in [0.3, 0.4) is 0 Å². The van der Waals surface area contributed by atoms with Gasteiger partial charge in [0.25, 0.3) is 0 Å². The molecule has 0 spiro atoms. The summed E-state index contributed by atoms with van der Waals surface area (Å²) in [6, 6.07) is 15.9. The maximum absolute atomic E-state index is 11.8. The Hall–Kier alpha value is -2.86. The van der Waals surface area contributed by atoms with E-state index in [1.807, 2.05) is 24.3 Å². The van der Waals surface area contributed by atoms with Crippen LogP contribution in [0.5, 0.6) is 0 Å². The molecule has 3 aromatic rings. The Morgan fingerprint density at radius 3 is 2.74 bits per heavy atom. The molecule has 0 atom stereocenters. The van der Waals surface area contributed by atoms with Gasteiger partial charge in [-0.3, -0.25) is 0 Å². The second-order valence-corrected chi connectivity index (χ2v) is 5.13. The van der Waals surface area contributed by atoms with Crippen LogP contribution in [0.15, 0.2) is 59.1 Å². The number of carbonyl (C=O) groups is 1. The highest BCUT2D eigenvalue weighted by atomic mass is 35.5. The molecule has 2 amide bonds. The maximum atomic E-state index is 11.8. The number of amides is 2. The Kier molecular flexibility index (Phi) is 4.54. The Balaban J connectivity index is 1.58. The summed E-state index contributed by atoms with van der Waals surface area (Å²) >= 11 is 5.93. The Morgan fingerprint density at radius 1 is 1.13 bits per heavy atom. The van der Waals surface area contributed by atoms with E-state index in [-0.39, 0.29) is 12.6 Å². The molecule has 0 radical (unpaired) electrons. The normalized spacial score (nSPS) is 10.3. The van der Waals surface area contributed by atoms with Crippen LogP contribution in [0, 0.1) is 0 Å². The number of urea groups is 1. The van der Waals surface area contributed by atoms with Crippen molar-refractivity contribution in [2.75, 3.05) is 5.32 Å². The van der Waals surface area contributed by atoms with Crippen molar-refractivity contribution in [2.24, 2.45) is 0 Å². The average molecular weight is 329 g/mol. The number of hydrogen-bond donors (Lipinski definition) is 2. The fourth-order valence-corrected chi connectivity index (χ4v) is 2.11. The lowest BCUT2D eigenvalue weighted by Crippen LogP contribution is -2.28. The van der Waals surface area contributed by atoms with E-state index in [1.165, 1.54) is 0 Å². The molecule has 2 aromatic carbocycles. The minimum absolute atomic E-state index is 0.131. The van der Waals surface area contributed by atoms with Crippen molar-refractivity contribution in [3.05, 3.63) is 65.5 Å². The zero-order valence-electron chi connectivity index (χ0n) is 12.0. The molecule has 6 nitrogen and oxygen atoms in total. The number of halogens is 1. The van der Waals surface area contributed by atoms with Gasteiger partial charge in [0, 0.05) is 16.3 Å². The van der Waals surface area contributed by atoms with Crippen LogP contribution in [0.4, 0.5) is 10.5 Å². The van der Waals surface area contributed by atoms with Gasteiger partial charge < -0.3 is 15.2 Å². The molecule has 0 aliphatic heterocycles. The number of aromatic nitrogens is 2. The van der Waals surface area contributed by atoms with Crippen LogP contribution >= 0.6 is 11.6 Å². The third-order valence-electron chi connectivity index (χ3n) is 2.98. The fraction of sp³-hybridized carbons (Fsp3) is 0.0625. The van der Waals surface area contributed by atoms with Crippen LogP contribution in [-0.4, -0.2) is 16.2 Å². The second kappa shape index (κ2) is 6.93. The molecule has 0 aliphatic rings. The molecule has 1 heterocycles. The minimum atomic E-state index is -0.348. The second-order valence-electron chi connectivity index (χ2n) is 4.70. The Labute approximate surface area is 137 Å². The highest BCUT2D eigenvalue weighted by Crippen LogP contribution is 2.19. The third-order valence-corrected chi connectivity index (χ3v) is 3.22. The van der Waals surface area contributed by atoms with Crippen molar-refractivity contribution in [2.45, 2.75) is 6.54 Å². The van der Waals surface area contributed by atoms with Gasteiger partial charge in [0.05, 0.1) is 6.54 Å². The molecular weight excluding hydrogens is 316 g/mol. The smallest absolute Gasteiger partial charge is 0.319 e. The molecular formula is C16H13ClN4O2. The van der Waals surface area contributed by atoms with Gasteiger partial charge in [-0.1, -0.05) is 47.1 Å². The Bertz CT molecular complexity index is 805. The monoisotopic (exact) mass is 328 g/mol. The van der Waals surface area contributed by atoms with E-state index in [1.54, 1.807) is 30.3 Å². The quantitative estimate of drug-likeness (QED) is 0.765. The van der Waals surface area contributed by atoms with Crippen LogP contribution < -0.4 is 10.6 Å². The summed E-state index contributed by atoms with van der Waals surface area (Å²) in [5, 5.41) is 9.82. The lowest BCUT2D eigenvalue weighted by Gasteiger charge is -2.04. The van der Waals surface area contributed by atoms with Gasteiger partial charge in [-0.05, 0) is 24.3 Å². The molecule has 2 N–H and O–H groups in total. The predicted molar refractivity (Wildman–Crippen MR) is 87.0 cm³/mol. The van der Waals surface area contributed by atoms with Crippen molar-refractivity contribution >= 4 is 23.3 Å². The largest absolute Gasteiger partial charge is 0.337 e. The van der Waals surface area contributed by atoms with E-state index in [4.69, 9.17) is 16.1 Å². The third kappa shape index (κ3) is 4.08. The van der Waals surface area contributed by atoms with Gasteiger partial charge in [-0.25, -0.2) is 4.79 Å². The number of benzene rings is 2. The predicted octanol–water partition coefficient (Wildman–Crippen LogP) is 3.71. The van der Waals surface area contributed by atoms with E-state index >= 15 is 0 Å². The molecule has 0 unspecified atom stereocenters. The molecule has 23 heavy (non-hydrogen) atoms. The zero-order valence-corrected chi connectivity index (χ0v) is 12.7. The van der Waals surface area contributed by atoms with E-state index in [9.17, 15) is 4.79 Å². The van der Waals surface area contributed by atoms with E-state index in [2.05, 4.69) is 20.8 Å². The molecule has 0 bridgehead atoms. The summed E-state index contributed by atoms with van der Waals surface area (Å²) in [7, 11) is 0. The molecule has 0 saturated heterocycles. The Morgan fingerprint density at radius 2 is 1.96 bits per heavy atom. The zero-order chi connectivity index (χ0) is 16.1. The molecule has 0 saturated carbocycles. The topological polar surface area (TPSA) is 80.1 Å². The summed E-state index contributed by atoms with van der Waals surface area (Å²) in [5.41, 5.74) is 1.45. The SMILES string of the molecule is O=C(NCc1nc(-c2cccc(Cl)c2)no1)Nc1ccccc1. The molecule has 0 fully saturated rings. The van der Waals surface area contributed by atoms with Gasteiger partial charge in [-0.15, -0.1) is 0 Å². The summed E-state index contributed by atoms with van der Waals surface area (Å²) < 4.78 is 5.11. The summed E-state index contributed by atoms with van der Waals surface area (Å²) in [4.78, 5) is 16.0. The van der Waals surface area contributed by atoms with Crippen LogP contribution in [0.25, 0.3) is 11.4 Å². The first-order chi connectivity index (χ1) is 11.2. The molecule has 7 heteroatoms. The lowest BCUT2D eigenvalue weighted by atomic mass is 10.2. The van der Waals surface area contributed by atoms with Gasteiger partial charge >= 0.3 is 6.03 Å². The first-order valence-electron chi connectivity index (χ1n) is 6.89.